The van der Waals surface area contributed by atoms with Gasteiger partial charge < -0.3 is 14.6 Å². The first-order chi connectivity index (χ1) is 12.3. The zero-order chi connectivity index (χ0) is 19.3. The van der Waals surface area contributed by atoms with Crippen LogP contribution in [-0.2, 0) is 0 Å². The van der Waals surface area contributed by atoms with Crippen LogP contribution in [0.4, 0.5) is 5.69 Å². The van der Waals surface area contributed by atoms with Gasteiger partial charge in [0.05, 0.1) is 28.9 Å². The molecule has 0 saturated carbocycles. The van der Waals surface area contributed by atoms with E-state index in [0.717, 1.165) is 6.07 Å². The van der Waals surface area contributed by atoms with Crippen molar-refractivity contribution in [2.75, 3.05) is 14.2 Å². The molecule has 136 valence electrons. The second-order valence-corrected chi connectivity index (χ2v) is 6.09. The number of phenols is 1. The number of nitro benzene ring substituents is 1. The zero-order valence-corrected chi connectivity index (χ0v) is 15.9. The highest BCUT2D eigenvalue weighted by Gasteiger charge is 2.17. The van der Waals surface area contributed by atoms with E-state index in [1.54, 1.807) is 28.7 Å². The van der Waals surface area contributed by atoms with Crippen LogP contribution in [0.5, 0.6) is 17.2 Å². The van der Waals surface area contributed by atoms with Crippen LogP contribution in [0.2, 0.25) is 0 Å². The Morgan fingerprint density at radius 2 is 1.85 bits per heavy atom. The van der Waals surface area contributed by atoms with Crippen LogP contribution in [0.15, 0.2) is 35.4 Å². The Labute approximate surface area is 161 Å². The number of phenolic OH excluding ortho intramolecular Hbond substituents is 1. The minimum atomic E-state index is -0.698. The van der Waals surface area contributed by atoms with Crippen molar-refractivity contribution in [1.82, 2.24) is 5.43 Å². The number of amides is 1. The molecular weight excluding hydrogens is 457 g/mol. The molecule has 0 radical (unpaired) electrons. The van der Waals surface area contributed by atoms with Crippen molar-refractivity contribution in [2.24, 2.45) is 5.10 Å². The molecule has 0 saturated heterocycles. The number of halogens is 1. The Kier molecular flexibility index (Phi) is 6.33. The van der Waals surface area contributed by atoms with Gasteiger partial charge in [0, 0.05) is 23.3 Å². The number of nitro groups is 1. The molecule has 0 atom stereocenters. The number of hydrogen-bond donors (Lipinski definition) is 2. The molecule has 0 spiro atoms. The molecule has 2 aromatic rings. The van der Waals surface area contributed by atoms with E-state index in [4.69, 9.17) is 9.47 Å². The van der Waals surface area contributed by atoms with Crippen molar-refractivity contribution in [2.45, 2.75) is 0 Å². The summed E-state index contributed by atoms with van der Waals surface area (Å²) in [6, 6.07) is 7.30. The highest BCUT2D eigenvalue weighted by atomic mass is 127. The van der Waals surface area contributed by atoms with Gasteiger partial charge >= 0.3 is 5.69 Å². The number of nitrogens with one attached hydrogen (secondary N) is 1. The van der Waals surface area contributed by atoms with Gasteiger partial charge in [-0.3, -0.25) is 14.9 Å². The summed E-state index contributed by atoms with van der Waals surface area (Å²) in [4.78, 5) is 22.4. The Morgan fingerprint density at radius 1 is 1.23 bits per heavy atom. The van der Waals surface area contributed by atoms with Crippen molar-refractivity contribution in [3.8, 4) is 17.2 Å². The highest BCUT2D eigenvalue weighted by Crippen LogP contribution is 2.31. The first kappa shape index (κ1) is 19.4. The lowest BCUT2D eigenvalue weighted by molar-refractivity contribution is -0.386. The SMILES string of the molecule is COc1cc(OC)cc(C(=O)N/N=C\c2cc(I)c(O)c([N+](=O)[O-])c2)c1. The second-order valence-electron chi connectivity index (χ2n) is 4.93. The van der Waals surface area contributed by atoms with Crippen LogP contribution >= 0.6 is 22.6 Å². The molecule has 0 fully saturated rings. The van der Waals surface area contributed by atoms with E-state index in [1.807, 2.05) is 0 Å². The predicted molar refractivity (Wildman–Crippen MR) is 102 cm³/mol. The summed E-state index contributed by atoms with van der Waals surface area (Å²) in [6.45, 7) is 0. The topological polar surface area (TPSA) is 123 Å². The average Bonchev–Trinajstić information content (AvgIpc) is 2.63. The fourth-order valence-corrected chi connectivity index (χ4v) is 2.62. The van der Waals surface area contributed by atoms with Gasteiger partial charge in [0.1, 0.15) is 11.5 Å². The lowest BCUT2D eigenvalue weighted by Gasteiger charge is -2.07. The van der Waals surface area contributed by atoms with Gasteiger partial charge in [-0.05, 0) is 40.8 Å². The summed E-state index contributed by atoms with van der Waals surface area (Å²) >= 11 is 1.77. The van der Waals surface area contributed by atoms with Gasteiger partial charge in [-0.15, -0.1) is 0 Å². The minimum Gasteiger partial charge on any atom is -0.501 e. The molecule has 0 unspecified atom stereocenters. The first-order valence-electron chi connectivity index (χ1n) is 7.09. The number of aromatic hydroxyl groups is 1. The fourth-order valence-electron chi connectivity index (χ4n) is 1.99. The normalized spacial score (nSPS) is 10.6. The minimum absolute atomic E-state index is 0.268. The van der Waals surface area contributed by atoms with Crippen molar-refractivity contribution in [3.63, 3.8) is 0 Å². The lowest BCUT2D eigenvalue weighted by Crippen LogP contribution is -2.17. The van der Waals surface area contributed by atoms with Crippen molar-refractivity contribution in [1.29, 1.82) is 0 Å². The molecule has 9 nitrogen and oxygen atoms in total. The van der Waals surface area contributed by atoms with E-state index >= 15 is 0 Å². The molecule has 0 aromatic heterocycles. The van der Waals surface area contributed by atoms with Crippen LogP contribution in [0.3, 0.4) is 0 Å². The fraction of sp³-hybridized carbons (Fsp3) is 0.125. The largest absolute Gasteiger partial charge is 0.501 e. The van der Waals surface area contributed by atoms with Gasteiger partial charge in [0.15, 0.2) is 0 Å². The molecule has 2 aromatic carbocycles. The number of nitrogens with zero attached hydrogens (tertiary/aromatic N) is 2. The molecule has 26 heavy (non-hydrogen) atoms. The molecule has 1 amide bonds. The molecule has 2 rings (SSSR count). The molecule has 0 bridgehead atoms. The van der Waals surface area contributed by atoms with E-state index in [1.165, 1.54) is 38.6 Å². The summed E-state index contributed by atoms with van der Waals surface area (Å²) in [5.74, 6) is -0.0360. The Balaban J connectivity index is 2.18. The number of hydrazone groups is 1. The summed E-state index contributed by atoms with van der Waals surface area (Å²) in [5.41, 5.74) is 2.49. The smallest absolute Gasteiger partial charge is 0.312 e. The maximum atomic E-state index is 12.2. The maximum absolute atomic E-state index is 12.2. The predicted octanol–water partition coefficient (Wildman–Crippen LogP) is 2.69. The molecule has 0 aliphatic heterocycles. The highest BCUT2D eigenvalue weighted by molar-refractivity contribution is 14.1. The van der Waals surface area contributed by atoms with E-state index in [-0.39, 0.29) is 5.56 Å². The third kappa shape index (κ3) is 4.59. The van der Waals surface area contributed by atoms with Crippen LogP contribution in [0, 0.1) is 13.7 Å². The Bertz CT molecular complexity index is 862. The molecule has 0 aliphatic rings. The summed E-state index contributed by atoms with van der Waals surface area (Å²) < 4.78 is 10.5. The second kappa shape index (κ2) is 8.47. The zero-order valence-electron chi connectivity index (χ0n) is 13.7. The number of carbonyl (C=O) groups is 1. The number of ether oxygens (including phenoxy) is 2. The van der Waals surface area contributed by atoms with Crippen LogP contribution in [-0.4, -0.2) is 36.4 Å². The number of carbonyl (C=O) groups excluding carboxylic acids is 1. The molecular formula is C16H14IN3O6. The summed E-state index contributed by atoms with van der Waals surface area (Å²) in [7, 11) is 2.93. The van der Waals surface area contributed by atoms with Crippen LogP contribution in [0.1, 0.15) is 15.9 Å². The van der Waals surface area contributed by atoms with E-state index < -0.39 is 22.3 Å². The summed E-state index contributed by atoms with van der Waals surface area (Å²) in [6.07, 6.45) is 1.24. The monoisotopic (exact) mass is 471 g/mol. The maximum Gasteiger partial charge on any atom is 0.312 e. The molecule has 0 heterocycles. The van der Waals surface area contributed by atoms with Crippen LogP contribution < -0.4 is 14.9 Å². The van der Waals surface area contributed by atoms with E-state index in [0.29, 0.717) is 20.6 Å². The van der Waals surface area contributed by atoms with Gasteiger partial charge in [-0.1, -0.05) is 0 Å². The van der Waals surface area contributed by atoms with Gasteiger partial charge in [0.2, 0.25) is 5.75 Å². The molecule has 10 heteroatoms. The van der Waals surface area contributed by atoms with Crippen molar-refractivity contribution >= 4 is 40.4 Å². The number of methoxy groups -OCH3 is 2. The van der Waals surface area contributed by atoms with Gasteiger partial charge in [-0.25, -0.2) is 5.43 Å². The van der Waals surface area contributed by atoms with Crippen molar-refractivity contribution in [3.05, 3.63) is 55.1 Å². The van der Waals surface area contributed by atoms with Gasteiger partial charge in [0.25, 0.3) is 5.91 Å². The average molecular weight is 471 g/mol. The molecule has 2 N–H and O–H groups in total. The van der Waals surface area contributed by atoms with E-state index in [9.17, 15) is 20.0 Å². The lowest BCUT2D eigenvalue weighted by atomic mass is 10.2. The number of benzene rings is 2. The third-order valence-electron chi connectivity index (χ3n) is 3.26. The summed E-state index contributed by atoms with van der Waals surface area (Å²) in [5, 5.41) is 24.4. The first-order valence-corrected chi connectivity index (χ1v) is 8.17. The number of rotatable bonds is 6. The quantitative estimate of drug-likeness (QED) is 0.289. The Hall–Kier alpha value is -2.89. The number of hydrogen-bond acceptors (Lipinski definition) is 7. The van der Waals surface area contributed by atoms with Gasteiger partial charge in [-0.2, -0.15) is 5.10 Å². The third-order valence-corrected chi connectivity index (χ3v) is 4.08. The van der Waals surface area contributed by atoms with E-state index in [2.05, 4.69) is 10.5 Å². The standard InChI is InChI=1S/C16H14IN3O6/c1-25-11-5-10(6-12(7-11)26-2)16(22)19-18-8-9-3-13(17)15(21)14(4-9)20(23)24/h3-8,21H,1-2H3,(H,19,22)/b18-8-. The Morgan fingerprint density at radius 3 is 2.38 bits per heavy atom. The van der Waals surface area contributed by atoms with Crippen LogP contribution in [0.25, 0.3) is 0 Å². The molecule has 0 aliphatic carbocycles. The van der Waals surface area contributed by atoms with Crippen molar-refractivity contribution < 1.29 is 24.3 Å².